The summed E-state index contributed by atoms with van der Waals surface area (Å²) in [6.07, 6.45) is 1.68. The predicted octanol–water partition coefficient (Wildman–Crippen LogP) is 4.37. The zero-order valence-electron chi connectivity index (χ0n) is 13.5. The molecule has 3 heterocycles. The molecule has 0 aliphatic carbocycles. The number of thiophene rings is 1. The Morgan fingerprint density at radius 2 is 2.04 bits per heavy atom. The molecule has 24 heavy (non-hydrogen) atoms. The molecule has 5 nitrogen and oxygen atoms in total. The van der Waals surface area contributed by atoms with Crippen molar-refractivity contribution >= 4 is 40.1 Å². The largest absolute Gasteiger partial charge is 0.357 e. The molecule has 0 radical (unpaired) electrons. The molecule has 3 aromatic heterocycles. The van der Waals surface area contributed by atoms with Crippen LogP contribution in [0, 0.1) is 0 Å². The van der Waals surface area contributed by atoms with E-state index in [9.17, 15) is 4.79 Å². The van der Waals surface area contributed by atoms with Gasteiger partial charge in [-0.25, -0.2) is 9.97 Å². The number of carbonyl (C=O) groups excluding carboxylic acids is 1. The lowest BCUT2D eigenvalue weighted by Gasteiger charge is -2.19. The average Bonchev–Trinajstić information content (AvgIpc) is 3.29. The highest BCUT2D eigenvalue weighted by Crippen LogP contribution is 2.28. The molecule has 7 heteroatoms. The Morgan fingerprint density at radius 1 is 1.21 bits per heavy atom. The highest BCUT2D eigenvalue weighted by molar-refractivity contribution is 7.20. The minimum Gasteiger partial charge on any atom is -0.357 e. The van der Waals surface area contributed by atoms with Crippen molar-refractivity contribution in [3.8, 4) is 9.88 Å². The molecule has 0 aliphatic heterocycles. The standard InChI is InChI=1S/C17H18N4OS2/c1-3-21(4-2)15-8-7-12(10-18-15)19-16(22)13-11-24-17(20-13)14-6-5-9-23-14/h5-11H,3-4H2,1-2H3,(H,19,22). The first-order valence-corrected chi connectivity index (χ1v) is 9.49. The van der Waals surface area contributed by atoms with Gasteiger partial charge in [-0.2, -0.15) is 0 Å². The van der Waals surface area contributed by atoms with Crippen LogP contribution in [0.4, 0.5) is 11.5 Å². The van der Waals surface area contributed by atoms with Crippen molar-refractivity contribution < 1.29 is 4.79 Å². The lowest BCUT2D eigenvalue weighted by atomic mass is 10.3. The van der Waals surface area contributed by atoms with Gasteiger partial charge in [-0.1, -0.05) is 6.07 Å². The lowest BCUT2D eigenvalue weighted by molar-refractivity contribution is 0.102. The Bertz CT molecular complexity index is 792. The molecule has 0 aliphatic rings. The maximum atomic E-state index is 12.3. The molecule has 3 rings (SSSR count). The lowest BCUT2D eigenvalue weighted by Crippen LogP contribution is -2.22. The smallest absolute Gasteiger partial charge is 0.275 e. The van der Waals surface area contributed by atoms with Crippen LogP contribution in [-0.4, -0.2) is 29.0 Å². The average molecular weight is 358 g/mol. The van der Waals surface area contributed by atoms with Crippen LogP contribution in [0.1, 0.15) is 24.3 Å². The van der Waals surface area contributed by atoms with E-state index in [-0.39, 0.29) is 5.91 Å². The van der Waals surface area contributed by atoms with Gasteiger partial charge in [0.1, 0.15) is 16.5 Å². The van der Waals surface area contributed by atoms with E-state index in [4.69, 9.17) is 0 Å². The number of rotatable bonds is 6. The molecule has 0 fully saturated rings. The first kappa shape index (κ1) is 16.6. The van der Waals surface area contributed by atoms with Crippen LogP contribution < -0.4 is 10.2 Å². The van der Waals surface area contributed by atoms with E-state index >= 15 is 0 Å². The van der Waals surface area contributed by atoms with Gasteiger partial charge in [0.25, 0.3) is 5.91 Å². The summed E-state index contributed by atoms with van der Waals surface area (Å²) in [7, 11) is 0. The Labute approximate surface area is 149 Å². The van der Waals surface area contributed by atoms with Gasteiger partial charge >= 0.3 is 0 Å². The molecule has 0 bridgehead atoms. The van der Waals surface area contributed by atoms with Gasteiger partial charge in [0.2, 0.25) is 0 Å². The van der Waals surface area contributed by atoms with Crippen LogP contribution in [0.15, 0.2) is 41.2 Å². The number of anilines is 2. The summed E-state index contributed by atoms with van der Waals surface area (Å²) in [5.41, 5.74) is 1.10. The molecule has 0 saturated heterocycles. The Hall–Kier alpha value is -2.25. The highest BCUT2D eigenvalue weighted by atomic mass is 32.1. The Balaban J connectivity index is 1.69. The maximum Gasteiger partial charge on any atom is 0.275 e. The zero-order valence-corrected chi connectivity index (χ0v) is 15.2. The molecule has 124 valence electrons. The third-order valence-electron chi connectivity index (χ3n) is 3.56. The summed E-state index contributed by atoms with van der Waals surface area (Å²) in [6, 6.07) is 7.76. The van der Waals surface area contributed by atoms with Crippen LogP contribution in [0.25, 0.3) is 9.88 Å². The number of amides is 1. The van der Waals surface area contributed by atoms with Gasteiger partial charge in [-0.05, 0) is 37.4 Å². The summed E-state index contributed by atoms with van der Waals surface area (Å²) in [5.74, 6) is 0.693. The van der Waals surface area contributed by atoms with Crippen LogP contribution in [-0.2, 0) is 0 Å². The van der Waals surface area contributed by atoms with Crippen molar-refractivity contribution in [2.45, 2.75) is 13.8 Å². The number of nitrogens with zero attached hydrogens (tertiary/aromatic N) is 3. The van der Waals surface area contributed by atoms with E-state index in [1.165, 1.54) is 11.3 Å². The predicted molar refractivity (Wildman–Crippen MR) is 101 cm³/mol. The first-order chi connectivity index (χ1) is 11.7. The van der Waals surface area contributed by atoms with E-state index < -0.39 is 0 Å². The summed E-state index contributed by atoms with van der Waals surface area (Å²) in [5, 5.41) is 7.49. The van der Waals surface area contributed by atoms with E-state index in [1.807, 2.05) is 29.6 Å². The second-order valence-electron chi connectivity index (χ2n) is 5.05. The van der Waals surface area contributed by atoms with Crippen molar-refractivity contribution in [1.82, 2.24) is 9.97 Å². The molecular formula is C17H18N4OS2. The van der Waals surface area contributed by atoms with Gasteiger partial charge < -0.3 is 10.2 Å². The van der Waals surface area contributed by atoms with Gasteiger partial charge in [0.15, 0.2) is 0 Å². The van der Waals surface area contributed by atoms with Crippen LogP contribution in [0.5, 0.6) is 0 Å². The molecule has 1 N–H and O–H groups in total. The Morgan fingerprint density at radius 3 is 2.67 bits per heavy atom. The second kappa shape index (κ2) is 7.55. The summed E-state index contributed by atoms with van der Waals surface area (Å²) >= 11 is 3.09. The first-order valence-electron chi connectivity index (χ1n) is 7.73. The van der Waals surface area contributed by atoms with Crippen molar-refractivity contribution in [3.05, 3.63) is 46.9 Å². The number of hydrogen-bond donors (Lipinski definition) is 1. The molecule has 1 amide bonds. The summed E-state index contributed by atoms with van der Waals surface area (Å²) in [6.45, 7) is 5.99. The van der Waals surface area contributed by atoms with Gasteiger partial charge in [0, 0.05) is 18.5 Å². The highest BCUT2D eigenvalue weighted by Gasteiger charge is 2.13. The zero-order chi connectivity index (χ0) is 16.9. The normalized spacial score (nSPS) is 10.6. The van der Waals surface area contributed by atoms with E-state index in [0.717, 1.165) is 28.8 Å². The SMILES string of the molecule is CCN(CC)c1ccc(NC(=O)c2csc(-c3cccs3)n2)cn1. The van der Waals surface area contributed by atoms with Crippen molar-refractivity contribution in [2.75, 3.05) is 23.3 Å². The van der Waals surface area contributed by atoms with Gasteiger partial charge in [-0.15, -0.1) is 22.7 Å². The fourth-order valence-corrected chi connectivity index (χ4v) is 3.90. The quantitative estimate of drug-likeness (QED) is 0.711. The molecule has 0 aromatic carbocycles. The number of thiazole rings is 1. The maximum absolute atomic E-state index is 12.3. The third-order valence-corrected chi connectivity index (χ3v) is 5.44. The summed E-state index contributed by atoms with van der Waals surface area (Å²) < 4.78 is 0. The molecule has 3 aromatic rings. The molecule has 0 unspecified atom stereocenters. The topological polar surface area (TPSA) is 58.1 Å². The minimum absolute atomic E-state index is 0.216. The molecule has 0 spiro atoms. The number of carbonyl (C=O) groups is 1. The van der Waals surface area contributed by atoms with Crippen LogP contribution in [0.3, 0.4) is 0 Å². The molecule has 0 atom stereocenters. The van der Waals surface area contributed by atoms with Crippen molar-refractivity contribution in [1.29, 1.82) is 0 Å². The Kier molecular flexibility index (Phi) is 5.22. The second-order valence-corrected chi connectivity index (χ2v) is 6.85. The fraction of sp³-hybridized carbons (Fsp3) is 0.235. The molecular weight excluding hydrogens is 340 g/mol. The van der Waals surface area contributed by atoms with E-state index in [2.05, 4.69) is 34.0 Å². The fourth-order valence-electron chi connectivity index (χ4n) is 2.28. The third kappa shape index (κ3) is 3.63. The minimum atomic E-state index is -0.216. The van der Waals surface area contributed by atoms with E-state index in [1.54, 1.807) is 22.9 Å². The van der Waals surface area contributed by atoms with Crippen LogP contribution in [0.2, 0.25) is 0 Å². The van der Waals surface area contributed by atoms with Gasteiger partial charge in [0.05, 0.1) is 16.8 Å². The number of hydrogen-bond acceptors (Lipinski definition) is 6. The summed E-state index contributed by atoms with van der Waals surface area (Å²) in [4.78, 5) is 24.4. The number of pyridine rings is 1. The monoisotopic (exact) mass is 358 g/mol. The van der Waals surface area contributed by atoms with Gasteiger partial charge in [-0.3, -0.25) is 4.79 Å². The molecule has 0 saturated carbocycles. The van der Waals surface area contributed by atoms with Crippen molar-refractivity contribution in [2.24, 2.45) is 0 Å². The van der Waals surface area contributed by atoms with Crippen molar-refractivity contribution in [3.63, 3.8) is 0 Å². The van der Waals surface area contributed by atoms with Crippen LogP contribution >= 0.6 is 22.7 Å². The number of nitrogens with one attached hydrogen (secondary N) is 1. The van der Waals surface area contributed by atoms with E-state index in [0.29, 0.717) is 11.4 Å². The number of aromatic nitrogens is 2.